The van der Waals surface area contributed by atoms with Crippen molar-refractivity contribution in [2.24, 2.45) is 5.92 Å². The van der Waals surface area contributed by atoms with Crippen LogP contribution in [0.2, 0.25) is 0 Å². The third kappa shape index (κ3) is 9.73. The molecule has 1 rings (SSSR count). The molecule has 0 aromatic heterocycles. The van der Waals surface area contributed by atoms with Gasteiger partial charge in [-0.1, -0.05) is 35.1 Å². The first kappa shape index (κ1) is 19.9. The second-order valence-electron chi connectivity index (χ2n) is 6.58. The number of nitrogens with one attached hydrogen (secondary N) is 1. The molecule has 1 N–H and O–H groups in total. The third-order valence-corrected chi connectivity index (χ3v) is 3.64. The fraction of sp³-hybridized carbons (Fsp3) is 1.00. The Labute approximate surface area is 127 Å². The molecular formula is C17H38N2O. The molecule has 0 radical (unpaired) electrons. The Morgan fingerprint density at radius 2 is 1.75 bits per heavy atom. The largest absolute Gasteiger partial charge is 0.378 e. The minimum Gasteiger partial charge on any atom is -0.378 e. The molecule has 0 spiro atoms. The molecule has 0 unspecified atom stereocenters. The van der Waals surface area contributed by atoms with Gasteiger partial charge in [0.2, 0.25) is 0 Å². The van der Waals surface area contributed by atoms with E-state index in [9.17, 15) is 0 Å². The van der Waals surface area contributed by atoms with Crippen LogP contribution in [-0.2, 0) is 4.74 Å². The Bertz CT molecular complexity index is 211. The highest BCUT2D eigenvalue weighted by atomic mass is 16.5. The lowest BCUT2D eigenvalue weighted by Crippen LogP contribution is -2.39. The summed E-state index contributed by atoms with van der Waals surface area (Å²) >= 11 is 0. The maximum absolute atomic E-state index is 5.99. The maximum atomic E-state index is 5.99. The molecule has 0 aromatic rings. The van der Waals surface area contributed by atoms with E-state index in [-0.39, 0.29) is 7.43 Å². The van der Waals surface area contributed by atoms with Crippen LogP contribution in [-0.4, -0.2) is 49.8 Å². The summed E-state index contributed by atoms with van der Waals surface area (Å²) in [5.41, 5.74) is 0. The molecule has 0 amide bonds. The lowest BCUT2D eigenvalue weighted by molar-refractivity contribution is 0.00404. The first-order valence-electron chi connectivity index (χ1n) is 8.15. The van der Waals surface area contributed by atoms with Crippen LogP contribution < -0.4 is 5.32 Å². The van der Waals surface area contributed by atoms with Crippen LogP contribution >= 0.6 is 0 Å². The quantitative estimate of drug-likeness (QED) is 0.656. The molecule has 1 saturated heterocycles. The minimum atomic E-state index is 0. The smallest absolute Gasteiger partial charge is 0.0599 e. The average molecular weight is 287 g/mol. The standard InChI is InChI=1S/C16H34N2O.CH4/c1-14(2)13-18-10-7-16(8-11-18)19-12-6-5-9-17-15(3)4;/h14-17H,5-13H2,1-4H3;1H4. The van der Waals surface area contributed by atoms with E-state index < -0.39 is 0 Å². The molecule has 3 heteroatoms. The SMILES string of the molecule is C.CC(C)CN1CCC(OCCCCNC(C)C)CC1. The van der Waals surface area contributed by atoms with E-state index >= 15 is 0 Å². The molecule has 1 aliphatic rings. The van der Waals surface area contributed by atoms with Crippen molar-refractivity contribution in [3.8, 4) is 0 Å². The van der Waals surface area contributed by atoms with Gasteiger partial charge in [0.1, 0.15) is 0 Å². The van der Waals surface area contributed by atoms with E-state index in [4.69, 9.17) is 4.74 Å². The fourth-order valence-electron chi connectivity index (χ4n) is 2.64. The van der Waals surface area contributed by atoms with Crippen LogP contribution in [0.5, 0.6) is 0 Å². The lowest BCUT2D eigenvalue weighted by atomic mass is 10.1. The van der Waals surface area contributed by atoms with Gasteiger partial charge in [-0.25, -0.2) is 0 Å². The van der Waals surface area contributed by atoms with Gasteiger partial charge in [0, 0.05) is 32.3 Å². The normalized spacial score (nSPS) is 17.7. The number of hydrogen-bond donors (Lipinski definition) is 1. The number of piperidine rings is 1. The van der Waals surface area contributed by atoms with Crippen molar-refractivity contribution in [1.29, 1.82) is 0 Å². The molecule has 1 aliphatic heterocycles. The van der Waals surface area contributed by atoms with Crippen molar-refractivity contribution in [2.45, 2.75) is 73.0 Å². The van der Waals surface area contributed by atoms with Gasteiger partial charge in [0.25, 0.3) is 0 Å². The maximum Gasteiger partial charge on any atom is 0.0599 e. The summed E-state index contributed by atoms with van der Waals surface area (Å²) in [5.74, 6) is 0.783. The van der Waals surface area contributed by atoms with Gasteiger partial charge in [0.05, 0.1) is 6.10 Å². The van der Waals surface area contributed by atoms with E-state index in [1.54, 1.807) is 0 Å². The molecule has 1 fully saturated rings. The number of likely N-dealkylation sites (tertiary alicyclic amines) is 1. The Balaban J connectivity index is 0.00000361. The summed E-state index contributed by atoms with van der Waals surface area (Å²) in [6.07, 6.45) is 5.37. The van der Waals surface area contributed by atoms with Gasteiger partial charge >= 0.3 is 0 Å². The van der Waals surface area contributed by atoms with Gasteiger partial charge in [-0.2, -0.15) is 0 Å². The predicted octanol–water partition coefficient (Wildman–Crippen LogP) is 3.54. The molecule has 1 heterocycles. The topological polar surface area (TPSA) is 24.5 Å². The third-order valence-electron chi connectivity index (χ3n) is 3.64. The molecule has 0 bridgehead atoms. The summed E-state index contributed by atoms with van der Waals surface area (Å²) in [6, 6.07) is 0.603. The number of unbranched alkanes of at least 4 members (excludes halogenated alkanes) is 1. The van der Waals surface area contributed by atoms with Crippen LogP contribution in [0.15, 0.2) is 0 Å². The van der Waals surface area contributed by atoms with Crippen molar-refractivity contribution >= 4 is 0 Å². The second-order valence-corrected chi connectivity index (χ2v) is 6.58. The van der Waals surface area contributed by atoms with E-state index in [2.05, 4.69) is 37.9 Å². The van der Waals surface area contributed by atoms with Crippen molar-refractivity contribution in [1.82, 2.24) is 10.2 Å². The van der Waals surface area contributed by atoms with Gasteiger partial charge in [-0.05, 0) is 38.1 Å². The summed E-state index contributed by atoms with van der Waals surface area (Å²) in [5, 5.41) is 3.45. The van der Waals surface area contributed by atoms with Crippen molar-refractivity contribution in [2.75, 3.05) is 32.8 Å². The predicted molar refractivity (Wildman–Crippen MR) is 89.4 cm³/mol. The number of nitrogens with zero attached hydrogens (tertiary/aromatic N) is 1. The van der Waals surface area contributed by atoms with Crippen molar-refractivity contribution in [3.05, 3.63) is 0 Å². The Morgan fingerprint density at radius 1 is 1.10 bits per heavy atom. The van der Waals surface area contributed by atoms with E-state index in [1.807, 2.05) is 0 Å². The van der Waals surface area contributed by atoms with Gasteiger partial charge in [-0.15, -0.1) is 0 Å². The van der Waals surface area contributed by atoms with Crippen molar-refractivity contribution in [3.63, 3.8) is 0 Å². The van der Waals surface area contributed by atoms with Gasteiger partial charge < -0.3 is 15.0 Å². The molecule has 20 heavy (non-hydrogen) atoms. The van der Waals surface area contributed by atoms with Gasteiger partial charge in [0.15, 0.2) is 0 Å². The van der Waals surface area contributed by atoms with E-state index in [0.29, 0.717) is 12.1 Å². The summed E-state index contributed by atoms with van der Waals surface area (Å²) in [7, 11) is 0. The fourth-order valence-corrected chi connectivity index (χ4v) is 2.64. The second kappa shape index (κ2) is 11.5. The summed E-state index contributed by atoms with van der Waals surface area (Å²) in [6.45, 7) is 14.7. The molecule has 122 valence electrons. The van der Waals surface area contributed by atoms with Crippen LogP contribution in [0, 0.1) is 5.92 Å². The lowest BCUT2D eigenvalue weighted by Gasteiger charge is -2.32. The average Bonchev–Trinajstić information content (AvgIpc) is 2.34. The minimum absolute atomic E-state index is 0. The molecule has 0 aliphatic carbocycles. The molecule has 3 nitrogen and oxygen atoms in total. The van der Waals surface area contributed by atoms with E-state index in [1.165, 1.54) is 45.3 Å². The number of rotatable bonds is 9. The number of hydrogen-bond acceptors (Lipinski definition) is 3. The van der Waals surface area contributed by atoms with Crippen LogP contribution in [0.3, 0.4) is 0 Å². The van der Waals surface area contributed by atoms with Crippen molar-refractivity contribution < 1.29 is 4.74 Å². The van der Waals surface area contributed by atoms with Crippen LogP contribution in [0.1, 0.15) is 60.8 Å². The highest BCUT2D eigenvalue weighted by Crippen LogP contribution is 2.15. The Hall–Kier alpha value is -0.120. The molecule has 0 atom stereocenters. The Morgan fingerprint density at radius 3 is 2.30 bits per heavy atom. The summed E-state index contributed by atoms with van der Waals surface area (Å²) in [4.78, 5) is 2.58. The highest BCUT2D eigenvalue weighted by molar-refractivity contribution is 4.73. The highest BCUT2D eigenvalue weighted by Gasteiger charge is 2.19. The Kier molecular flexibility index (Phi) is 11.5. The van der Waals surface area contributed by atoms with Crippen LogP contribution in [0.4, 0.5) is 0 Å². The number of ether oxygens (including phenoxy) is 1. The molecule has 0 saturated carbocycles. The monoisotopic (exact) mass is 286 g/mol. The zero-order valence-corrected chi connectivity index (χ0v) is 13.5. The first-order chi connectivity index (χ1) is 9.08. The zero-order chi connectivity index (χ0) is 14.1. The van der Waals surface area contributed by atoms with Gasteiger partial charge in [-0.3, -0.25) is 0 Å². The summed E-state index contributed by atoms with van der Waals surface area (Å²) < 4.78 is 5.99. The molecular weight excluding hydrogens is 248 g/mol. The zero-order valence-electron chi connectivity index (χ0n) is 13.5. The van der Waals surface area contributed by atoms with E-state index in [0.717, 1.165) is 19.1 Å². The first-order valence-corrected chi connectivity index (χ1v) is 8.15. The van der Waals surface area contributed by atoms with Crippen LogP contribution in [0.25, 0.3) is 0 Å². The molecule has 0 aromatic carbocycles.